The highest BCUT2D eigenvalue weighted by atomic mass is 35.5. The van der Waals surface area contributed by atoms with Gasteiger partial charge in [-0.1, -0.05) is 11.6 Å². The minimum Gasteiger partial charge on any atom is -0.479 e. The molecule has 0 bridgehead atoms. The van der Waals surface area contributed by atoms with Gasteiger partial charge < -0.3 is 9.84 Å². The van der Waals surface area contributed by atoms with Gasteiger partial charge >= 0.3 is 0 Å². The number of carbonyl (C=O) groups excluding carboxylic acids is 1. The van der Waals surface area contributed by atoms with Crippen LogP contribution in [0.2, 0.25) is 5.02 Å². The average Bonchev–Trinajstić information content (AvgIpc) is 2.56. The van der Waals surface area contributed by atoms with Crippen molar-refractivity contribution in [1.82, 2.24) is 9.97 Å². The molecule has 8 nitrogen and oxygen atoms in total. The lowest BCUT2D eigenvalue weighted by atomic mass is 10.1. The van der Waals surface area contributed by atoms with Crippen molar-refractivity contribution in [2.24, 2.45) is 0 Å². The van der Waals surface area contributed by atoms with E-state index in [-0.39, 0.29) is 47.4 Å². The summed E-state index contributed by atoms with van der Waals surface area (Å²) in [6.07, 6.45) is 1.72. The third kappa shape index (κ3) is 3.83. The fourth-order valence-electron chi connectivity index (χ4n) is 2.39. The molecule has 1 N–H and O–H groups in total. The fourth-order valence-corrected chi connectivity index (χ4v) is 3.66. The molecule has 1 aromatic heterocycles. The first kappa shape index (κ1) is 19.4. The van der Waals surface area contributed by atoms with Crippen LogP contribution in [-0.2, 0) is 10.0 Å². The van der Waals surface area contributed by atoms with Crippen molar-refractivity contribution < 1.29 is 23.1 Å². The first-order valence-corrected chi connectivity index (χ1v) is 9.55. The molecule has 0 amide bonds. The number of aliphatic hydroxyl groups excluding tert-OH is 1. The van der Waals surface area contributed by atoms with Crippen LogP contribution < -0.4 is 9.04 Å². The van der Waals surface area contributed by atoms with E-state index in [0.717, 1.165) is 10.6 Å². The molecular weight excluding hydrogens is 370 g/mol. The summed E-state index contributed by atoms with van der Waals surface area (Å²) in [5, 5.41) is 9.26. The van der Waals surface area contributed by atoms with Crippen LogP contribution in [0.4, 0.5) is 5.69 Å². The van der Waals surface area contributed by atoms with Crippen LogP contribution in [0.15, 0.2) is 6.07 Å². The molecule has 10 heteroatoms. The predicted molar refractivity (Wildman–Crippen MR) is 95.1 cm³/mol. The van der Waals surface area contributed by atoms with E-state index in [0.29, 0.717) is 17.4 Å². The molecular formula is C15H18ClN3O5S. The normalized spacial score (nSPS) is 11.6. The first-order chi connectivity index (χ1) is 11.7. The Labute approximate surface area is 150 Å². The van der Waals surface area contributed by atoms with Gasteiger partial charge in [0.25, 0.3) is 0 Å². The van der Waals surface area contributed by atoms with Crippen molar-refractivity contribution in [1.29, 1.82) is 0 Å². The summed E-state index contributed by atoms with van der Waals surface area (Å²) in [5.74, 6) is 0.0384. The smallest absolute Gasteiger partial charge is 0.243 e. The fraction of sp³-hybridized carbons (Fsp3) is 0.400. The summed E-state index contributed by atoms with van der Waals surface area (Å²) in [4.78, 5) is 19.7. The number of aliphatic hydroxyl groups is 1. The van der Waals surface area contributed by atoms with Crippen molar-refractivity contribution in [3.63, 3.8) is 0 Å². The highest BCUT2D eigenvalue weighted by Gasteiger charge is 2.25. The van der Waals surface area contributed by atoms with Crippen LogP contribution in [-0.4, -0.2) is 56.3 Å². The molecule has 2 aromatic rings. The SMILES string of the molecule is COc1nc2cc(C)c(Cl)c(N(CCCO)S(C)(=O)=O)c2nc1C=O. The third-order valence-corrected chi connectivity index (χ3v) is 5.16. The zero-order valence-corrected chi connectivity index (χ0v) is 15.6. The number of anilines is 1. The molecule has 136 valence electrons. The number of aryl methyl sites for hydroxylation is 1. The number of nitrogens with zero attached hydrogens (tertiary/aromatic N) is 3. The zero-order valence-electron chi connectivity index (χ0n) is 14.0. The minimum absolute atomic E-state index is 0.0116. The molecule has 0 atom stereocenters. The minimum atomic E-state index is -3.71. The number of carbonyl (C=O) groups is 1. The molecule has 2 rings (SSSR count). The van der Waals surface area contributed by atoms with Crippen molar-refractivity contribution in [3.05, 3.63) is 22.3 Å². The standard InChI is InChI=1S/C15H18ClN3O5S/c1-9-7-10-13(17-11(8-21)15(18-10)24-2)14(12(9)16)19(5-4-6-20)25(3,22)23/h7-8,20H,4-6H2,1-3H3. The summed E-state index contributed by atoms with van der Waals surface area (Å²) < 4.78 is 30.6. The number of methoxy groups -OCH3 is 1. The second-order valence-corrected chi connectivity index (χ2v) is 7.66. The van der Waals surface area contributed by atoms with Crippen LogP contribution in [0.1, 0.15) is 22.5 Å². The number of rotatable bonds is 7. The van der Waals surface area contributed by atoms with Crippen molar-refractivity contribution >= 4 is 44.6 Å². The van der Waals surface area contributed by atoms with Crippen LogP contribution >= 0.6 is 11.6 Å². The highest BCUT2D eigenvalue weighted by molar-refractivity contribution is 7.92. The van der Waals surface area contributed by atoms with Gasteiger partial charge in [0.2, 0.25) is 15.9 Å². The summed E-state index contributed by atoms with van der Waals surface area (Å²) in [6, 6.07) is 1.64. The number of hydrogen-bond acceptors (Lipinski definition) is 7. The molecule has 0 aliphatic rings. The molecule has 0 fully saturated rings. The molecule has 0 aliphatic carbocycles. The lowest BCUT2D eigenvalue weighted by molar-refractivity contribution is 0.111. The quantitative estimate of drug-likeness (QED) is 0.718. The Morgan fingerprint density at radius 1 is 1.40 bits per heavy atom. The Hall–Kier alpha value is -1.97. The maximum atomic E-state index is 12.3. The Kier molecular flexibility index (Phi) is 5.81. The van der Waals surface area contributed by atoms with Crippen molar-refractivity contribution in [3.8, 4) is 5.88 Å². The molecule has 0 spiro atoms. The number of hydrogen-bond donors (Lipinski definition) is 1. The van der Waals surface area contributed by atoms with Gasteiger partial charge in [-0.15, -0.1) is 0 Å². The largest absolute Gasteiger partial charge is 0.479 e. The summed E-state index contributed by atoms with van der Waals surface area (Å²) in [6.45, 7) is 1.53. The number of halogens is 1. The molecule has 0 saturated heterocycles. The molecule has 0 radical (unpaired) electrons. The van der Waals surface area contributed by atoms with Crippen molar-refractivity contribution in [2.45, 2.75) is 13.3 Å². The molecule has 0 saturated carbocycles. The van der Waals surface area contributed by atoms with Gasteiger partial charge in [0, 0.05) is 13.2 Å². The molecule has 0 aliphatic heterocycles. The second-order valence-electron chi connectivity index (χ2n) is 5.37. The first-order valence-electron chi connectivity index (χ1n) is 7.33. The monoisotopic (exact) mass is 387 g/mol. The highest BCUT2D eigenvalue weighted by Crippen LogP contribution is 2.37. The molecule has 1 aromatic carbocycles. The second kappa shape index (κ2) is 7.51. The lowest BCUT2D eigenvalue weighted by Crippen LogP contribution is -2.32. The van der Waals surface area contributed by atoms with Crippen LogP contribution in [0, 0.1) is 6.92 Å². The summed E-state index contributed by atoms with van der Waals surface area (Å²) in [7, 11) is -2.35. The Morgan fingerprint density at radius 2 is 2.08 bits per heavy atom. The van der Waals surface area contributed by atoms with E-state index in [1.54, 1.807) is 13.0 Å². The molecule has 0 unspecified atom stereocenters. The Balaban J connectivity index is 2.88. The van der Waals surface area contributed by atoms with Crippen LogP contribution in [0.25, 0.3) is 11.0 Å². The summed E-state index contributed by atoms with van der Waals surface area (Å²) >= 11 is 6.37. The van der Waals surface area contributed by atoms with E-state index in [2.05, 4.69) is 9.97 Å². The lowest BCUT2D eigenvalue weighted by Gasteiger charge is -2.25. The number of aromatic nitrogens is 2. The van der Waals surface area contributed by atoms with Crippen LogP contribution in [0.5, 0.6) is 5.88 Å². The van der Waals surface area contributed by atoms with Gasteiger partial charge in [-0.25, -0.2) is 18.4 Å². The number of benzene rings is 1. The third-order valence-electron chi connectivity index (χ3n) is 3.52. The van der Waals surface area contributed by atoms with Crippen LogP contribution in [0.3, 0.4) is 0 Å². The molecule has 1 heterocycles. The Bertz CT molecular complexity index is 917. The number of aldehydes is 1. The van der Waals surface area contributed by atoms with E-state index < -0.39 is 10.0 Å². The van der Waals surface area contributed by atoms with Gasteiger partial charge in [0.1, 0.15) is 5.52 Å². The number of fused-ring (bicyclic) bond motifs is 1. The predicted octanol–water partition coefficient (Wildman–Crippen LogP) is 1.56. The maximum absolute atomic E-state index is 12.3. The van der Waals surface area contributed by atoms with Gasteiger partial charge in [-0.05, 0) is 25.0 Å². The maximum Gasteiger partial charge on any atom is 0.243 e. The number of ether oxygens (including phenoxy) is 1. The number of sulfonamides is 1. The topological polar surface area (TPSA) is 110 Å². The van der Waals surface area contributed by atoms with E-state index >= 15 is 0 Å². The van der Waals surface area contributed by atoms with Gasteiger partial charge in [0.15, 0.2) is 12.0 Å². The Morgan fingerprint density at radius 3 is 2.60 bits per heavy atom. The van der Waals surface area contributed by atoms with E-state index in [1.807, 2.05) is 0 Å². The average molecular weight is 388 g/mol. The van der Waals surface area contributed by atoms with Gasteiger partial charge in [0.05, 0.1) is 29.6 Å². The van der Waals surface area contributed by atoms with Crippen molar-refractivity contribution in [2.75, 3.05) is 30.8 Å². The van der Waals surface area contributed by atoms with E-state index in [1.165, 1.54) is 7.11 Å². The van der Waals surface area contributed by atoms with E-state index in [9.17, 15) is 13.2 Å². The van der Waals surface area contributed by atoms with Gasteiger partial charge in [-0.2, -0.15) is 0 Å². The van der Waals surface area contributed by atoms with Gasteiger partial charge in [-0.3, -0.25) is 9.10 Å². The van der Waals surface area contributed by atoms with E-state index in [4.69, 9.17) is 21.4 Å². The zero-order chi connectivity index (χ0) is 18.8. The summed E-state index contributed by atoms with van der Waals surface area (Å²) in [5.41, 5.74) is 1.17. The molecule has 25 heavy (non-hydrogen) atoms.